The van der Waals surface area contributed by atoms with Gasteiger partial charge < -0.3 is 4.90 Å². The van der Waals surface area contributed by atoms with Gasteiger partial charge in [0, 0.05) is 48.7 Å². The number of carbonyl (C=O) groups excluding carboxylic acids is 2. The quantitative estimate of drug-likeness (QED) is 0.755. The van der Waals surface area contributed by atoms with Crippen LogP contribution in [-0.4, -0.2) is 37.9 Å². The largest absolute Gasteiger partial charge is 0.377 e. The second-order valence-electron chi connectivity index (χ2n) is 4.92. The number of benzene rings is 2. The highest BCUT2D eigenvalue weighted by molar-refractivity contribution is 6.26. The molecule has 0 spiro atoms. The highest BCUT2D eigenvalue weighted by Crippen LogP contribution is 2.34. The minimum absolute atomic E-state index is 0.237. The van der Waals surface area contributed by atoms with E-state index in [1.807, 2.05) is 51.0 Å². The molecule has 0 aromatic heterocycles. The monoisotopic (exact) mass is 284 g/mol. The molecule has 4 nitrogen and oxygen atoms in total. The molecule has 2 amide bonds. The molecule has 0 fully saturated rings. The van der Waals surface area contributed by atoms with Crippen LogP contribution in [0.4, 0.5) is 5.69 Å². The maximum atomic E-state index is 12.2. The Labute approximate surface area is 125 Å². The summed E-state index contributed by atoms with van der Waals surface area (Å²) in [6, 6.07) is 9.30. The molecular weight excluding hydrogens is 264 g/mol. The molecule has 1 aliphatic heterocycles. The summed E-state index contributed by atoms with van der Waals surface area (Å²) in [5.41, 5.74) is 2.20. The van der Waals surface area contributed by atoms with Crippen LogP contribution in [0.25, 0.3) is 10.8 Å². The highest BCUT2D eigenvalue weighted by atomic mass is 16.2. The van der Waals surface area contributed by atoms with Gasteiger partial charge in [0.2, 0.25) is 0 Å². The lowest BCUT2D eigenvalue weighted by molar-refractivity contribution is 0.0651. The number of amides is 2. The summed E-state index contributed by atoms with van der Waals surface area (Å²) in [7, 11) is 5.41. The van der Waals surface area contributed by atoms with Crippen LogP contribution < -0.4 is 4.90 Å². The van der Waals surface area contributed by atoms with Crippen molar-refractivity contribution in [3.8, 4) is 0 Å². The average molecular weight is 284 g/mol. The van der Waals surface area contributed by atoms with Gasteiger partial charge in [0.25, 0.3) is 11.8 Å². The number of nitrogens with zero attached hydrogens (tertiary/aromatic N) is 2. The van der Waals surface area contributed by atoms with Crippen LogP contribution in [0.3, 0.4) is 0 Å². The zero-order valence-corrected chi connectivity index (χ0v) is 13.1. The fraction of sp³-hybridized carbons (Fsp3) is 0.294. The molecule has 2 aromatic rings. The maximum absolute atomic E-state index is 12.2. The van der Waals surface area contributed by atoms with Crippen molar-refractivity contribution < 1.29 is 9.59 Å². The number of anilines is 1. The lowest BCUT2D eigenvalue weighted by atomic mass is 9.93. The van der Waals surface area contributed by atoms with E-state index >= 15 is 0 Å². The number of carbonyl (C=O) groups is 2. The van der Waals surface area contributed by atoms with Gasteiger partial charge in [-0.2, -0.15) is 0 Å². The SMILES string of the molecule is CC.CN1C(=O)c2cccc3c(N(C)C)ccc(c23)C1=O. The fourth-order valence-corrected chi connectivity index (χ4v) is 2.59. The number of rotatable bonds is 1. The predicted octanol–water partition coefficient (Wildman–Crippen LogP) is 3.16. The number of hydrogen-bond donors (Lipinski definition) is 0. The summed E-state index contributed by atoms with van der Waals surface area (Å²) < 4.78 is 0. The molecule has 0 saturated carbocycles. The molecule has 0 aliphatic carbocycles. The molecule has 0 atom stereocenters. The molecule has 3 rings (SSSR count). The van der Waals surface area contributed by atoms with Crippen LogP contribution in [0.1, 0.15) is 34.6 Å². The van der Waals surface area contributed by atoms with Crippen LogP contribution in [0.5, 0.6) is 0 Å². The summed E-state index contributed by atoms with van der Waals surface area (Å²) in [4.78, 5) is 27.5. The Balaban J connectivity index is 0.000000774. The van der Waals surface area contributed by atoms with Gasteiger partial charge >= 0.3 is 0 Å². The standard InChI is InChI=1S/C15H14N2O2.C2H6/c1-16(2)12-8-7-11-13-9(12)5-4-6-10(13)14(18)17(3)15(11)19;1-2/h4-8H,1-3H3;1-2H3. The summed E-state index contributed by atoms with van der Waals surface area (Å²) in [6.07, 6.45) is 0. The average Bonchev–Trinajstić information content (AvgIpc) is 2.51. The Bertz CT molecular complexity index is 698. The van der Waals surface area contributed by atoms with Gasteiger partial charge in [-0.1, -0.05) is 26.0 Å². The van der Waals surface area contributed by atoms with E-state index in [1.54, 1.807) is 12.1 Å². The lowest BCUT2D eigenvalue weighted by Crippen LogP contribution is -2.37. The van der Waals surface area contributed by atoms with E-state index in [1.165, 1.54) is 11.9 Å². The maximum Gasteiger partial charge on any atom is 0.261 e. The summed E-state index contributed by atoms with van der Waals surface area (Å²) in [5.74, 6) is -0.474. The summed E-state index contributed by atoms with van der Waals surface area (Å²) >= 11 is 0. The van der Waals surface area contributed by atoms with E-state index in [0.717, 1.165) is 16.5 Å². The van der Waals surface area contributed by atoms with Gasteiger partial charge in [-0.15, -0.1) is 0 Å². The van der Waals surface area contributed by atoms with Gasteiger partial charge in [0.15, 0.2) is 0 Å². The summed E-state index contributed by atoms with van der Waals surface area (Å²) in [5, 5.41) is 1.71. The molecule has 0 saturated heterocycles. The third-order valence-electron chi connectivity index (χ3n) is 3.57. The van der Waals surface area contributed by atoms with Crippen molar-refractivity contribution in [3.05, 3.63) is 41.5 Å². The van der Waals surface area contributed by atoms with Gasteiger partial charge in [-0.25, -0.2) is 0 Å². The predicted molar refractivity (Wildman–Crippen MR) is 86.0 cm³/mol. The van der Waals surface area contributed by atoms with E-state index in [0.29, 0.717) is 11.1 Å². The zero-order chi connectivity index (χ0) is 15.7. The Morgan fingerprint density at radius 1 is 0.905 bits per heavy atom. The van der Waals surface area contributed by atoms with Crippen LogP contribution in [0.2, 0.25) is 0 Å². The Hall–Kier alpha value is -2.36. The van der Waals surface area contributed by atoms with E-state index in [2.05, 4.69) is 0 Å². The number of hydrogen-bond acceptors (Lipinski definition) is 3. The smallest absolute Gasteiger partial charge is 0.261 e. The molecule has 0 N–H and O–H groups in total. The van der Waals surface area contributed by atoms with Gasteiger partial charge in [0.05, 0.1) is 0 Å². The van der Waals surface area contributed by atoms with E-state index in [4.69, 9.17) is 0 Å². The first kappa shape index (κ1) is 15.0. The van der Waals surface area contributed by atoms with E-state index < -0.39 is 0 Å². The second kappa shape index (κ2) is 5.56. The molecular formula is C17H20N2O2. The third-order valence-corrected chi connectivity index (χ3v) is 3.57. The summed E-state index contributed by atoms with van der Waals surface area (Å²) in [6.45, 7) is 4.00. The zero-order valence-electron chi connectivity index (χ0n) is 13.1. The lowest BCUT2D eigenvalue weighted by Gasteiger charge is -2.25. The molecule has 110 valence electrons. The minimum atomic E-state index is -0.237. The molecule has 0 bridgehead atoms. The van der Waals surface area contributed by atoms with Gasteiger partial charge in [0.1, 0.15) is 0 Å². The van der Waals surface area contributed by atoms with Crippen molar-refractivity contribution in [3.63, 3.8) is 0 Å². The van der Waals surface area contributed by atoms with E-state index in [9.17, 15) is 9.59 Å². The molecule has 21 heavy (non-hydrogen) atoms. The molecule has 1 aliphatic rings. The normalized spacial score (nSPS) is 13.1. The van der Waals surface area contributed by atoms with Crippen molar-refractivity contribution in [2.75, 3.05) is 26.0 Å². The minimum Gasteiger partial charge on any atom is -0.377 e. The fourth-order valence-electron chi connectivity index (χ4n) is 2.59. The highest BCUT2D eigenvalue weighted by Gasteiger charge is 2.30. The number of imide groups is 1. The van der Waals surface area contributed by atoms with Crippen molar-refractivity contribution in [2.24, 2.45) is 0 Å². The van der Waals surface area contributed by atoms with Crippen molar-refractivity contribution in [2.45, 2.75) is 13.8 Å². The first-order valence-corrected chi connectivity index (χ1v) is 7.08. The van der Waals surface area contributed by atoms with Crippen LogP contribution >= 0.6 is 0 Å². The Morgan fingerprint density at radius 3 is 2.05 bits per heavy atom. The molecule has 4 heteroatoms. The van der Waals surface area contributed by atoms with Crippen molar-refractivity contribution in [1.82, 2.24) is 4.90 Å². The topological polar surface area (TPSA) is 40.6 Å². The molecule has 1 heterocycles. The van der Waals surface area contributed by atoms with Crippen molar-refractivity contribution in [1.29, 1.82) is 0 Å². The van der Waals surface area contributed by atoms with Crippen LogP contribution in [0.15, 0.2) is 30.3 Å². The molecule has 0 radical (unpaired) electrons. The first-order chi connectivity index (χ1) is 10.0. The third kappa shape index (κ3) is 2.17. The van der Waals surface area contributed by atoms with Crippen LogP contribution in [-0.2, 0) is 0 Å². The van der Waals surface area contributed by atoms with E-state index in [-0.39, 0.29) is 11.8 Å². The van der Waals surface area contributed by atoms with Gasteiger partial charge in [-0.3, -0.25) is 14.5 Å². The van der Waals surface area contributed by atoms with Gasteiger partial charge in [-0.05, 0) is 18.2 Å². The van der Waals surface area contributed by atoms with Crippen LogP contribution in [0, 0.1) is 0 Å². The Morgan fingerprint density at radius 2 is 1.48 bits per heavy atom. The van der Waals surface area contributed by atoms with Crippen molar-refractivity contribution >= 4 is 28.3 Å². The molecule has 0 unspecified atom stereocenters. The first-order valence-electron chi connectivity index (χ1n) is 7.08. The molecule has 2 aromatic carbocycles. The Kier molecular flexibility index (Phi) is 3.98. The second-order valence-corrected chi connectivity index (χ2v) is 4.92.